The third-order valence-corrected chi connectivity index (χ3v) is 6.58. The Labute approximate surface area is 212 Å². The molecule has 1 amide bonds. The van der Waals surface area contributed by atoms with Crippen LogP contribution in [0.3, 0.4) is 0 Å². The van der Waals surface area contributed by atoms with Crippen LogP contribution in [0.25, 0.3) is 0 Å². The number of carbonyl (C=O) groups is 1. The van der Waals surface area contributed by atoms with Gasteiger partial charge in [0.25, 0.3) is 0 Å². The zero-order chi connectivity index (χ0) is 24.7. The largest absolute Gasteiger partial charge is 0.439 e. The molecule has 5 rings (SSSR count). The Morgan fingerprint density at radius 3 is 1.94 bits per heavy atom. The quantitative estimate of drug-likeness (QED) is 0.391. The Kier molecular flexibility index (Phi) is 7.36. The molecule has 0 radical (unpaired) electrons. The monoisotopic (exact) mass is 478 g/mol. The maximum Gasteiger partial charge on any atom is 0.250 e. The van der Waals surface area contributed by atoms with Gasteiger partial charge in [-0.15, -0.1) is 0 Å². The molecular formula is C30H30N4O2. The van der Waals surface area contributed by atoms with Gasteiger partial charge >= 0.3 is 0 Å². The van der Waals surface area contributed by atoms with Crippen LogP contribution in [-0.4, -0.2) is 46.9 Å². The maximum atomic E-state index is 11.2. The summed E-state index contributed by atoms with van der Waals surface area (Å²) in [5.41, 5.74) is 9.54. The number of primary amides is 1. The topological polar surface area (TPSA) is 71.7 Å². The minimum Gasteiger partial charge on any atom is -0.439 e. The average molecular weight is 479 g/mol. The fourth-order valence-corrected chi connectivity index (χ4v) is 4.69. The third-order valence-electron chi connectivity index (χ3n) is 6.58. The second-order valence-corrected chi connectivity index (χ2v) is 9.03. The van der Waals surface area contributed by atoms with Crippen molar-refractivity contribution in [2.45, 2.75) is 12.6 Å². The molecule has 3 aromatic carbocycles. The highest BCUT2D eigenvalue weighted by Crippen LogP contribution is 2.30. The Hall–Kier alpha value is -4.00. The molecule has 0 saturated carbocycles. The number of aromatic nitrogens is 1. The molecule has 0 atom stereocenters. The molecule has 2 N–H and O–H groups in total. The van der Waals surface area contributed by atoms with E-state index in [1.807, 2.05) is 12.1 Å². The van der Waals surface area contributed by atoms with Crippen LogP contribution in [0.2, 0.25) is 0 Å². The molecule has 0 bridgehead atoms. The number of pyridine rings is 1. The molecule has 1 aliphatic heterocycles. The smallest absolute Gasteiger partial charge is 0.250 e. The molecule has 6 heteroatoms. The van der Waals surface area contributed by atoms with Gasteiger partial charge < -0.3 is 10.5 Å². The first-order chi connectivity index (χ1) is 17.7. The van der Waals surface area contributed by atoms with E-state index in [1.165, 1.54) is 22.9 Å². The van der Waals surface area contributed by atoms with Gasteiger partial charge in [0.2, 0.25) is 11.8 Å². The van der Waals surface area contributed by atoms with Crippen molar-refractivity contribution in [2.75, 3.05) is 26.2 Å². The summed E-state index contributed by atoms with van der Waals surface area (Å²) < 4.78 is 5.80. The van der Waals surface area contributed by atoms with Gasteiger partial charge in [0.1, 0.15) is 5.75 Å². The first-order valence-corrected chi connectivity index (χ1v) is 12.2. The van der Waals surface area contributed by atoms with E-state index in [0.29, 0.717) is 17.2 Å². The number of nitrogens with two attached hydrogens (primary N) is 1. The van der Waals surface area contributed by atoms with Gasteiger partial charge in [-0.1, -0.05) is 72.8 Å². The van der Waals surface area contributed by atoms with Gasteiger partial charge in [-0.05, 0) is 34.9 Å². The lowest BCUT2D eigenvalue weighted by molar-refractivity contribution is 0.1000. The minimum atomic E-state index is -0.505. The second-order valence-electron chi connectivity index (χ2n) is 9.03. The summed E-state index contributed by atoms with van der Waals surface area (Å²) in [5.74, 6) is 0.626. The summed E-state index contributed by atoms with van der Waals surface area (Å²) in [5, 5.41) is 0. The van der Waals surface area contributed by atoms with E-state index in [1.54, 1.807) is 12.1 Å². The van der Waals surface area contributed by atoms with Gasteiger partial charge in [0, 0.05) is 45.0 Å². The molecule has 1 fully saturated rings. The number of amides is 1. The van der Waals surface area contributed by atoms with E-state index < -0.39 is 5.91 Å². The molecule has 1 aliphatic rings. The predicted molar refractivity (Wildman–Crippen MR) is 141 cm³/mol. The summed E-state index contributed by atoms with van der Waals surface area (Å²) in [6.07, 6.45) is 1.42. The molecule has 6 nitrogen and oxygen atoms in total. The Bertz CT molecular complexity index is 1210. The number of benzene rings is 3. The Morgan fingerprint density at radius 2 is 1.42 bits per heavy atom. The summed E-state index contributed by atoms with van der Waals surface area (Å²) in [4.78, 5) is 20.4. The molecule has 0 spiro atoms. The first kappa shape index (κ1) is 23.7. The van der Waals surface area contributed by atoms with Gasteiger partial charge in [0.05, 0.1) is 11.6 Å². The van der Waals surface area contributed by atoms with Crippen LogP contribution in [0.15, 0.2) is 103 Å². The second kappa shape index (κ2) is 11.2. The highest BCUT2D eigenvalue weighted by atomic mass is 16.5. The molecule has 0 aliphatic carbocycles. The molecule has 2 heterocycles. The zero-order valence-corrected chi connectivity index (χ0v) is 20.2. The zero-order valence-electron chi connectivity index (χ0n) is 20.2. The van der Waals surface area contributed by atoms with Crippen LogP contribution in [0, 0.1) is 0 Å². The van der Waals surface area contributed by atoms with E-state index in [9.17, 15) is 4.79 Å². The number of hydrogen-bond donors (Lipinski definition) is 1. The molecule has 0 unspecified atom stereocenters. The lowest BCUT2D eigenvalue weighted by Gasteiger charge is -2.39. The van der Waals surface area contributed by atoms with Crippen LogP contribution in [-0.2, 0) is 6.54 Å². The summed E-state index contributed by atoms with van der Waals surface area (Å²) in [6.45, 7) is 4.97. The number of ether oxygens (including phenoxy) is 1. The van der Waals surface area contributed by atoms with Crippen molar-refractivity contribution in [3.63, 3.8) is 0 Å². The summed E-state index contributed by atoms with van der Waals surface area (Å²) in [7, 11) is 0. The molecule has 36 heavy (non-hydrogen) atoms. The minimum absolute atomic E-state index is 0.275. The number of rotatable bonds is 8. The summed E-state index contributed by atoms with van der Waals surface area (Å²) in [6, 6.07) is 33.2. The van der Waals surface area contributed by atoms with E-state index in [0.717, 1.165) is 32.7 Å². The van der Waals surface area contributed by atoms with Crippen LogP contribution in [0.5, 0.6) is 11.6 Å². The standard InChI is InChI=1S/C30H30N4O2/c31-30(35)26-13-16-28(32-21-26)36-27-14-11-23(12-15-27)22-33-17-19-34(20-18-33)29(24-7-3-1-4-8-24)25-9-5-2-6-10-25/h1-16,21,29H,17-20,22H2,(H2,31,35). The molecule has 1 saturated heterocycles. The van der Waals surface area contributed by atoms with E-state index in [2.05, 4.69) is 87.6 Å². The van der Waals surface area contributed by atoms with Gasteiger partial charge in [0.15, 0.2) is 0 Å². The van der Waals surface area contributed by atoms with Crippen molar-refractivity contribution in [3.8, 4) is 11.6 Å². The van der Waals surface area contributed by atoms with Crippen molar-refractivity contribution >= 4 is 5.91 Å². The Balaban J connectivity index is 1.18. The lowest BCUT2D eigenvalue weighted by Crippen LogP contribution is -2.47. The fraction of sp³-hybridized carbons (Fsp3) is 0.200. The van der Waals surface area contributed by atoms with E-state index >= 15 is 0 Å². The number of hydrogen-bond acceptors (Lipinski definition) is 5. The van der Waals surface area contributed by atoms with Crippen molar-refractivity contribution in [1.29, 1.82) is 0 Å². The highest BCUT2D eigenvalue weighted by molar-refractivity contribution is 5.92. The van der Waals surface area contributed by atoms with Gasteiger partial charge in [-0.3, -0.25) is 14.6 Å². The van der Waals surface area contributed by atoms with Crippen molar-refractivity contribution in [1.82, 2.24) is 14.8 Å². The predicted octanol–water partition coefficient (Wildman–Crippen LogP) is 4.88. The highest BCUT2D eigenvalue weighted by Gasteiger charge is 2.26. The van der Waals surface area contributed by atoms with Crippen LogP contribution in [0.4, 0.5) is 0 Å². The van der Waals surface area contributed by atoms with Gasteiger partial charge in [-0.25, -0.2) is 4.98 Å². The maximum absolute atomic E-state index is 11.2. The van der Waals surface area contributed by atoms with Gasteiger partial charge in [-0.2, -0.15) is 0 Å². The Morgan fingerprint density at radius 1 is 0.806 bits per heavy atom. The number of nitrogens with zero attached hydrogens (tertiary/aromatic N) is 3. The van der Waals surface area contributed by atoms with Crippen molar-refractivity contribution in [2.24, 2.45) is 5.73 Å². The number of carbonyl (C=O) groups excluding carboxylic acids is 1. The molecule has 1 aromatic heterocycles. The molecule has 182 valence electrons. The molecule has 4 aromatic rings. The van der Waals surface area contributed by atoms with Crippen LogP contribution >= 0.6 is 0 Å². The average Bonchev–Trinajstić information content (AvgIpc) is 2.92. The molecular weight excluding hydrogens is 448 g/mol. The summed E-state index contributed by atoms with van der Waals surface area (Å²) >= 11 is 0. The normalized spacial score (nSPS) is 14.6. The van der Waals surface area contributed by atoms with Crippen molar-refractivity contribution in [3.05, 3.63) is 126 Å². The van der Waals surface area contributed by atoms with Crippen molar-refractivity contribution < 1.29 is 9.53 Å². The first-order valence-electron chi connectivity index (χ1n) is 12.2. The van der Waals surface area contributed by atoms with Crippen LogP contribution in [0.1, 0.15) is 33.1 Å². The van der Waals surface area contributed by atoms with E-state index in [4.69, 9.17) is 10.5 Å². The lowest BCUT2D eigenvalue weighted by atomic mass is 9.96. The fourth-order valence-electron chi connectivity index (χ4n) is 4.69. The number of piperazine rings is 1. The van der Waals surface area contributed by atoms with Crippen LogP contribution < -0.4 is 10.5 Å². The SMILES string of the molecule is NC(=O)c1ccc(Oc2ccc(CN3CCN(C(c4ccccc4)c4ccccc4)CC3)cc2)nc1. The third kappa shape index (κ3) is 5.79. The van der Waals surface area contributed by atoms with E-state index in [-0.39, 0.29) is 6.04 Å².